The number of ether oxygens (including phenoxy) is 2. The smallest absolute Gasteiger partial charge is 0.407 e. The monoisotopic (exact) mass is 522 g/mol. The van der Waals surface area contributed by atoms with Crippen molar-refractivity contribution in [2.24, 2.45) is 10.9 Å². The lowest BCUT2D eigenvalue weighted by Gasteiger charge is -2.20. The molecule has 9 heteroatoms. The number of carbonyl (C=O) groups is 1. The maximum atomic E-state index is 14.0. The summed E-state index contributed by atoms with van der Waals surface area (Å²) in [6.07, 6.45) is 1.76. The number of carbonyl (C=O) groups excluding carboxylic acids is 1. The minimum atomic E-state index is -0.408. The Morgan fingerprint density at radius 3 is 2.59 bits per heavy atom. The Morgan fingerprint density at radius 2 is 2.03 bits per heavy atom. The summed E-state index contributed by atoms with van der Waals surface area (Å²) in [6, 6.07) is 4.67. The van der Waals surface area contributed by atoms with Gasteiger partial charge in [0.05, 0.1) is 32.3 Å². The Morgan fingerprint density at radius 1 is 1.31 bits per heavy atom. The summed E-state index contributed by atoms with van der Waals surface area (Å²) >= 11 is 0. The third kappa shape index (κ3) is 8.23. The van der Waals surface area contributed by atoms with Crippen molar-refractivity contribution in [3.8, 4) is 5.75 Å². The number of rotatable bonds is 9. The summed E-state index contributed by atoms with van der Waals surface area (Å²) < 4.78 is 23.9. The summed E-state index contributed by atoms with van der Waals surface area (Å²) in [7, 11) is 1.44. The third-order valence-electron chi connectivity index (χ3n) is 4.59. The van der Waals surface area contributed by atoms with Crippen LogP contribution in [0, 0.1) is 11.7 Å². The van der Waals surface area contributed by atoms with Gasteiger partial charge in [-0.2, -0.15) is 0 Å². The molecule has 1 aromatic carbocycles. The van der Waals surface area contributed by atoms with Crippen LogP contribution in [0.5, 0.6) is 5.75 Å². The number of alkyl carbamates (subject to hydrolysis) is 1. The summed E-state index contributed by atoms with van der Waals surface area (Å²) in [6.45, 7) is 7.16. The molecule has 0 bridgehead atoms. The van der Waals surface area contributed by atoms with Gasteiger partial charge >= 0.3 is 6.09 Å². The number of aliphatic imine (C=N–C) groups is 1. The van der Waals surface area contributed by atoms with E-state index >= 15 is 0 Å². The van der Waals surface area contributed by atoms with Crippen LogP contribution >= 0.6 is 24.0 Å². The van der Waals surface area contributed by atoms with Gasteiger partial charge in [0.15, 0.2) is 17.5 Å². The molecule has 2 atom stereocenters. The standard InChI is InChI=1S/C20H31FN4O3.HI/c1-5-22-19(23-12-17(14-7-8-14)25-20(26)28-6-2)24-13(3)15-9-10-18(27-4)16(21)11-15;/h9-11,13-14,17H,5-8,12H2,1-4H3,(H,25,26)(H2,22,23,24);1H. The predicted molar refractivity (Wildman–Crippen MR) is 123 cm³/mol. The molecule has 1 saturated carbocycles. The van der Waals surface area contributed by atoms with Crippen LogP contribution in [-0.4, -0.2) is 44.9 Å². The fourth-order valence-corrected chi connectivity index (χ4v) is 2.89. The van der Waals surface area contributed by atoms with Crippen molar-refractivity contribution < 1.29 is 18.7 Å². The van der Waals surface area contributed by atoms with Crippen molar-refractivity contribution in [1.29, 1.82) is 0 Å². The van der Waals surface area contributed by atoms with Gasteiger partial charge in [0, 0.05) is 6.54 Å². The van der Waals surface area contributed by atoms with E-state index < -0.39 is 11.9 Å². The quantitative estimate of drug-likeness (QED) is 0.262. The first-order chi connectivity index (χ1) is 13.5. The van der Waals surface area contributed by atoms with Crippen LogP contribution in [-0.2, 0) is 4.74 Å². The number of amides is 1. The van der Waals surface area contributed by atoms with Crippen LogP contribution in [0.3, 0.4) is 0 Å². The molecule has 1 amide bonds. The number of halogens is 2. The number of nitrogens with one attached hydrogen (secondary N) is 3. The number of methoxy groups -OCH3 is 1. The Hall–Kier alpha value is -1.78. The largest absolute Gasteiger partial charge is 0.494 e. The average Bonchev–Trinajstić information content (AvgIpc) is 3.50. The van der Waals surface area contributed by atoms with E-state index in [1.54, 1.807) is 13.0 Å². The van der Waals surface area contributed by atoms with E-state index in [1.807, 2.05) is 19.9 Å². The van der Waals surface area contributed by atoms with Crippen molar-refractivity contribution in [3.63, 3.8) is 0 Å². The summed E-state index contributed by atoms with van der Waals surface area (Å²) in [5.41, 5.74) is 0.785. The summed E-state index contributed by atoms with van der Waals surface area (Å²) in [4.78, 5) is 16.4. The van der Waals surface area contributed by atoms with Gasteiger partial charge in [-0.3, -0.25) is 4.99 Å². The molecule has 2 unspecified atom stereocenters. The molecule has 0 saturated heterocycles. The molecule has 164 valence electrons. The molecule has 0 heterocycles. The molecule has 1 aliphatic rings. The highest BCUT2D eigenvalue weighted by Crippen LogP contribution is 2.32. The van der Waals surface area contributed by atoms with Gasteiger partial charge in [-0.15, -0.1) is 24.0 Å². The fourth-order valence-electron chi connectivity index (χ4n) is 2.89. The van der Waals surface area contributed by atoms with Crippen LogP contribution in [0.25, 0.3) is 0 Å². The van der Waals surface area contributed by atoms with Crippen molar-refractivity contribution in [2.75, 3.05) is 26.8 Å². The van der Waals surface area contributed by atoms with Gasteiger partial charge in [-0.05, 0) is 57.2 Å². The number of benzene rings is 1. The highest BCUT2D eigenvalue weighted by atomic mass is 127. The molecule has 0 radical (unpaired) electrons. The topological polar surface area (TPSA) is 84.0 Å². The molecular formula is C20H32FIN4O3. The van der Waals surface area contributed by atoms with E-state index in [0.29, 0.717) is 31.6 Å². The first-order valence-corrected chi connectivity index (χ1v) is 9.80. The normalized spacial score (nSPS) is 15.6. The molecule has 1 aliphatic carbocycles. The van der Waals surface area contributed by atoms with Gasteiger partial charge in [-0.25, -0.2) is 9.18 Å². The minimum Gasteiger partial charge on any atom is -0.494 e. The van der Waals surface area contributed by atoms with E-state index in [2.05, 4.69) is 20.9 Å². The predicted octanol–water partition coefficient (Wildman–Crippen LogP) is 3.59. The van der Waals surface area contributed by atoms with Crippen LogP contribution in [0.15, 0.2) is 23.2 Å². The zero-order valence-corrected chi connectivity index (χ0v) is 19.8. The van der Waals surface area contributed by atoms with Crippen molar-refractivity contribution in [2.45, 2.75) is 45.7 Å². The number of nitrogens with zero attached hydrogens (tertiary/aromatic N) is 1. The zero-order valence-electron chi connectivity index (χ0n) is 17.5. The number of hydrogen-bond acceptors (Lipinski definition) is 4. The number of hydrogen-bond donors (Lipinski definition) is 3. The molecular weight excluding hydrogens is 490 g/mol. The lowest BCUT2D eigenvalue weighted by Crippen LogP contribution is -2.42. The van der Waals surface area contributed by atoms with Crippen LogP contribution < -0.4 is 20.7 Å². The Bertz CT molecular complexity index is 686. The van der Waals surface area contributed by atoms with Crippen molar-refractivity contribution >= 4 is 36.0 Å². The van der Waals surface area contributed by atoms with Crippen molar-refractivity contribution in [1.82, 2.24) is 16.0 Å². The van der Waals surface area contributed by atoms with Gasteiger partial charge in [-0.1, -0.05) is 6.07 Å². The lowest BCUT2D eigenvalue weighted by atomic mass is 10.1. The second-order valence-electron chi connectivity index (χ2n) is 6.79. The first kappa shape index (κ1) is 25.3. The molecule has 0 spiro atoms. The van der Waals surface area contributed by atoms with Gasteiger partial charge < -0.3 is 25.4 Å². The van der Waals surface area contributed by atoms with Crippen LogP contribution in [0.1, 0.15) is 45.2 Å². The van der Waals surface area contributed by atoms with E-state index in [1.165, 1.54) is 13.2 Å². The molecule has 29 heavy (non-hydrogen) atoms. The maximum absolute atomic E-state index is 14.0. The Balaban J connectivity index is 0.00000420. The van der Waals surface area contributed by atoms with E-state index in [4.69, 9.17) is 9.47 Å². The summed E-state index contributed by atoms with van der Waals surface area (Å²) in [5.74, 6) is 0.864. The fraction of sp³-hybridized carbons (Fsp3) is 0.600. The minimum absolute atomic E-state index is 0. The first-order valence-electron chi connectivity index (χ1n) is 9.80. The molecule has 1 aromatic rings. The van der Waals surface area contributed by atoms with Crippen LogP contribution in [0.4, 0.5) is 9.18 Å². The molecule has 1 fully saturated rings. The molecule has 0 aromatic heterocycles. The highest BCUT2D eigenvalue weighted by molar-refractivity contribution is 14.0. The third-order valence-corrected chi connectivity index (χ3v) is 4.59. The lowest BCUT2D eigenvalue weighted by molar-refractivity contribution is 0.147. The molecule has 3 N–H and O–H groups in total. The second kappa shape index (κ2) is 12.7. The van der Waals surface area contributed by atoms with Gasteiger partial charge in [0.2, 0.25) is 0 Å². The second-order valence-corrected chi connectivity index (χ2v) is 6.79. The average molecular weight is 522 g/mol. The van der Waals surface area contributed by atoms with Gasteiger partial charge in [0.25, 0.3) is 0 Å². The zero-order chi connectivity index (χ0) is 20.5. The van der Waals surface area contributed by atoms with Crippen molar-refractivity contribution in [3.05, 3.63) is 29.6 Å². The molecule has 2 rings (SSSR count). The molecule has 7 nitrogen and oxygen atoms in total. The molecule has 0 aliphatic heterocycles. The van der Waals surface area contributed by atoms with E-state index in [9.17, 15) is 9.18 Å². The van der Waals surface area contributed by atoms with Gasteiger partial charge in [0.1, 0.15) is 0 Å². The maximum Gasteiger partial charge on any atom is 0.407 e. The number of guanidine groups is 1. The van der Waals surface area contributed by atoms with Crippen LogP contribution in [0.2, 0.25) is 0 Å². The summed E-state index contributed by atoms with van der Waals surface area (Å²) in [5, 5.41) is 9.36. The van der Waals surface area contributed by atoms with E-state index in [0.717, 1.165) is 18.4 Å². The Kier molecular flexibility index (Phi) is 11.1. The SMILES string of the molecule is CCNC(=NCC(NC(=O)OCC)C1CC1)NC(C)c1ccc(OC)c(F)c1.I. The highest BCUT2D eigenvalue weighted by Gasteiger charge is 2.32. The Labute approximate surface area is 189 Å². The van der Waals surface area contributed by atoms with E-state index in [-0.39, 0.29) is 41.8 Å².